The molecular formula is C30H26N2O5. The van der Waals surface area contributed by atoms with Gasteiger partial charge in [0.1, 0.15) is 23.9 Å². The Morgan fingerprint density at radius 2 is 1.54 bits per heavy atom. The fraction of sp³-hybridized carbons (Fsp3) is 0.100. The summed E-state index contributed by atoms with van der Waals surface area (Å²) in [5.41, 5.74) is 3.89. The zero-order valence-corrected chi connectivity index (χ0v) is 20.3. The maximum atomic E-state index is 12.8. The first kappa shape index (κ1) is 25.2. The van der Waals surface area contributed by atoms with Gasteiger partial charge in [-0.2, -0.15) is 5.10 Å². The van der Waals surface area contributed by atoms with Gasteiger partial charge in [-0.1, -0.05) is 43.0 Å². The van der Waals surface area contributed by atoms with Crippen LogP contribution in [0, 0.1) is 0 Å². The van der Waals surface area contributed by atoms with Crippen LogP contribution in [-0.2, 0) is 0 Å². The minimum atomic E-state index is -0.518. The monoisotopic (exact) mass is 494 g/mol. The fourth-order valence-electron chi connectivity index (χ4n) is 3.59. The molecule has 0 fully saturated rings. The number of nitrogens with zero attached hydrogens (tertiary/aromatic N) is 1. The fourth-order valence-corrected chi connectivity index (χ4v) is 3.59. The van der Waals surface area contributed by atoms with Crippen molar-refractivity contribution in [3.8, 4) is 17.2 Å². The van der Waals surface area contributed by atoms with Gasteiger partial charge in [-0.05, 0) is 72.3 Å². The molecule has 0 aliphatic carbocycles. The Balaban J connectivity index is 1.53. The summed E-state index contributed by atoms with van der Waals surface area (Å²) in [6.07, 6.45) is 3.12. The predicted molar refractivity (Wildman–Crippen MR) is 144 cm³/mol. The average molecular weight is 495 g/mol. The molecule has 0 aromatic heterocycles. The molecular weight excluding hydrogens is 468 g/mol. The Morgan fingerprint density at radius 3 is 2.24 bits per heavy atom. The predicted octanol–water partition coefficient (Wildman–Crippen LogP) is 5.79. The summed E-state index contributed by atoms with van der Waals surface area (Å²) in [5.74, 6) is 0.719. The molecule has 0 unspecified atom stereocenters. The van der Waals surface area contributed by atoms with Crippen LogP contribution in [0.5, 0.6) is 17.2 Å². The number of esters is 1. The quantitative estimate of drug-likeness (QED) is 0.0992. The molecule has 0 spiro atoms. The van der Waals surface area contributed by atoms with Crippen molar-refractivity contribution < 1.29 is 23.8 Å². The minimum absolute atomic E-state index is 0.319. The maximum Gasteiger partial charge on any atom is 0.343 e. The highest BCUT2D eigenvalue weighted by Crippen LogP contribution is 2.27. The molecule has 7 heteroatoms. The summed E-state index contributed by atoms with van der Waals surface area (Å²) in [6.45, 7) is 6.42. The van der Waals surface area contributed by atoms with Gasteiger partial charge in [-0.25, -0.2) is 10.2 Å². The van der Waals surface area contributed by atoms with Crippen LogP contribution in [0.4, 0.5) is 0 Å². The number of nitrogens with one attached hydrogen (secondary N) is 1. The van der Waals surface area contributed by atoms with E-state index in [1.807, 2.05) is 37.3 Å². The molecule has 0 saturated heterocycles. The van der Waals surface area contributed by atoms with Crippen molar-refractivity contribution in [3.05, 3.63) is 114 Å². The van der Waals surface area contributed by atoms with Gasteiger partial charge in [0.2, 0.25) is 0 Å². The first-order valence-electron chi connectivity index (χ1n) is 11.7. The number of hydrogen-bond acceptors (Lipinski definition) is 6. The molecule has 7 nitrogen and oxygen atoms in total. The van der Waals surface area contributed by atoms with Gasteiger partial charge in [0, 0.05) is 11.1 Å². The van der Waals surface area contributed by atoms with Crippen molar-refractivity contribution in [2.24, 2.45) is 5.10 Å². The summed E-state index contributed by atoms with van der Waals surface area (Å²) in [4.78, 5) is 25.4. The molecule has 4 rings (SSSR count). The maximum absolute atomic E-state index is 12.8. The van der Waals surface area contributed by atoms with Crippen molar-refractivity contribution in [2.75, 3.05) is 13.2 Å². The van der Waals surface area contributed by atoms with Crippen LogP contribution in [0.25, 0.3) is 10.8 Å². The molecule has 0 heterocycles. The van der Waals surface area contributed by atoms with E-state index in [1.54, 1.807) is 60.7 Å². The first-order chi connectivity index (χ1) is 18.1. The normalized spacial score (nSPS) is 10.7. The Bertz CT molecular complexity index is 1430. The van der Waals surface area contributed by atoms with Gasteiger partial charge in [0.15, 0.2) is 0 Å². The van der Waals surface area contributed by atoms with Gasteiger partial charge < -0.3 is 14.2 Å². The Morgan fingerprint density at radius 1 is 0.865 bits per heavy atom. The van der Waals surface area contributed by atoms with E-state index in [4.69, 9.17) is 14.2 Å². The number of carbonyl (C=O) groups is 2. The van der Waals surface area contributed by atoms with Gasteiger partial charge >= 0.3 is 5.97 Å². The van der Waals surface area contributed by atoms with Crippen LogP contribution in [0.3, 0.4) is 0 Å². The molecule has 1 N–H and O–H groups in total. The topological polar surface area (TPSA) is 86.2 Å². The number of hydrogen-bond donors (Lipinski definition) is 1. The van der Waals surface area contributed by atoms with Crippen molar-refractivity contribution in [2.45, 2.75) is 6.92 Å². The van der Waals surface area contributed by atoms with E-state index < -0.39 is 5.97 Å². The molecule has 0 bridgehead atoms. The second-order valence-electron chi connectivity index (χ2n) is 7.87. The summed E-state index contributed by atoms with van der Waals surface area (Å²) in [5, 5.41) is 5.89. The third-order valence-electron chi connectivity index (χ3n) is 5.38. The highest BCUT2D eigenvalue weighted by molar-refractivity contribution is 6.04. The van der Waals surface area contributed by atoms with Crippen LogP contribution < -0.4 is 19.6 Å². The third kappa shape index (κ3) is 6.41. The molecule has 0 aliphatic heterocycles. The molecule has 0 aliphatic rings. The van der Waals surface area contributed by atoms with Crippen LogP contribution in [0.15, 0.2) is 103 Å². The zero-order chi connectivity index (χ0) is 26.0. The van der Waals surface area contributed by atoms with E-state index in [0.29, 0.717) is 47.2 Å². The van der Waals surface area contributed by atoms with E-state index >= 15 is 0 Å². The Kier molecular flexibility index (Phi) is 8.29. The van der Waals surface area contributed by atoms with Crippen molar-refractivity contribution in [1.82, 2.24) is 5.43 Å². The second kappa shape index (κ2) is 12.2. The smallest absolute Gasteiger partial charge is 0.343 e. The highest BCUT2D eigenvalue weighted by atomic mass is 16.5. The van der Waals surface area contributed by atoms with E-state index in [2.05, 4.69) is 17.1 Å². The molecule has 0 radical (unpaired) electrons. The number of hydrazone groups is 1. The summed E-state index contributed by atoms with van der Waals surface area (Å²) in [7, 11) is 0. The third-order valence-corrected chi connectivity index (χ3v) is 5.38. The van der Waals surface area contributed by atoms with Gasteiger partial charge in [0.05, 0.1) is 18.4 Å². The van der Waals surface area contributed by atoms with Crippen LogP contribution in [0.2, 0.25) is 0 Å². The van der Waals surface area contributed by atoms with E-state index in [0.717, 1.165) is 10.8 Å². The highest BCUT2D eigenvalue weighted by Gasteiger charge is 2.14. The number of benzene rings is 4. The van der Waals surface area contributed by atoms with E-state index in [1.165, 1.54) is 6.21 Å². The number of ether oxygens (including phenoxy) is 3. The van der Waals surface area contributed by atoms with Gasteiger partial charge in [-0.15, -0.1) is 0 Å². The van der Waals surface area contributed by atoms with Crippen LogP contribution in [0.1, 0.15) is 33.2 Å². The molecule has 37 heavy (non-hydrogen) atoms. The molecule has 186 valence electrons. The SMILES string of the molecule is C=CCOc1ccc(C(=O)NN=Cc2c(OC(=O)c3ccc(OCC)cc3)ccc3ccccc23)cc1. The summed E-state index contributed by atoms with van der Waals surface area (Å²) in [6, 6.07) is 24.6. The Labute approximate surface area is 215 Å². The van der Waals surface area contributed by atoms with E-state index in [9.17, 15) is 9.59 Å². The second-order valence-corrected chi connectivity index (χ2v) is 7.87. The molecule has 4 aromatic carbocycles. The number of rotatable bonds is 10. The standard InChI is InChI=1S/C30H26N2O5/c1-3-19-36-25-14-9-22(10-15-25)29(33)32-31-20-27-26-8-6-5-7-21(26)13-18-28(27)37-30(34)23-11-16-24(17-12-23)35-4-2/h3,5-18,20H,1,4,19H2,2H3,(H,32,33). The number of fused-ring (bicyclic) bond motifs is 1. The molecule has 4 aromatic rings. The summed E-state index contributed by atoms with van der Waals surface area (Å²) >= 11 is 0. The lowest BCUT2D eigenvalue weighted by Gasteiger charge is -2.11. The molecule has 0 saturated carbocycles. The van der Waals surface area contributed by atoms with E-state index in [-0.39, 0.29) is 5.91 Å². The van der Waals surface area contributed by atoms with Crippen molar-refractivity contribution in [1.29, 1.82) is 0 Å². The lowest BCUT2D eigenvalue weighted by molar-refractivity contribution is 0.0734. The van der Waals surface area contributed by atoms with Gasteiger partial charge in [-0.3, -0.25) is 4.79 Å². The largest absolute Gasteiger partial charge is 0.494 e. The summed E-state index contributed by atoms with van der Waals surface area (Å²) < 4.78 is 16.6. The Hall–Kier alpha value is -4.91. The number of carbonyl (C=O) groups excluding carboxylic acids is 2. The number of amides is 1. The van der Waals surface area contributed by atoms with Crippen LogP contribution >= 0.6 is 0 Å². The lowest BCUT2D eigenvalue weighted by Crippen LogP contribution is -2.17. The van der Waals surface area contributed by atoms with Crippen LogP contribution in [-0.4, -0.2) is 31.3 Å². The zero-order valence-electron chi connectivity index (χ0n) is 20.3. The van der Waals surface area contributed by atoms with Crippen molar-refractivity contribution >= 4 is 28.9 Å². The first-order valence-corrected chi connectivity index (χ1v) is 11.7. The van der Waals surface area contributed by atoms with Gasteiger partial charge in [0.25, 0.3) is 5.91 Å². The minimum Gasteiger partial charge on any atom is -0.494 e. The van der Waals surface area contributed by atoms with Crippen molar-refractivity contribution in [3.63, 3.8) is 0 Å². The lowest BCUT2D eigenvalue weighted by atomic mass is 10.0. The molecule has 0 atom stereocenters. The molecule has 1 amide bonds. The average Bonchev–Trinajstić information content (AvgIpc) is 2.93.